The van der Waals surface area contributed by atoms with Crippen LogP contribution in [0.5, 0.6) is 0 Å². The van der Waals surface area contributed by atoms with Gasteiger partial charge in [-0.3, -0.25) is 14.4 Å². The Labute approximate surface area is 171 Å². The fourth-order valence-corrected chi connectivity index (χ4v) is 4.79. The summed E-state index contributed by atoms with van der Waals surface area (Å²) in [6.45, 7) is 4.66. The molecule has 29 heavy (non-hydrogen) atoms. The van der Waals surface area contributed by atoms with E-state index >= 15 is 0 Å². The number of anilines is 1. The number of ether oxygens (including phenoxy) is 1. The Bertz CT molecular complexity index is 776. The SMILES string of the molecule is CC(=O)N1CCC(C(=O)N2CCCC3(C2)CN(c2ccccc2)C(=O)CO3)CC1. The lowest BCUT2D eigenvalue weighted by Crippen LogP contribution is -2.63. The van der Waals surface area contributed by atoms with Crippen molar-refractivity contribution in [1.82, 2.24) is 9.80 Å². The summed E-state index contributed by atoms with van der Waals surface area (Å²) >= 11 is 0. The predicted octanol–water partition coefficient (Wildman–Crippen LogP) is 1.67. The van der Waals surface area contributed by atoms with E-state index in [-0.39, 0.29) is 30.2 Å². The highest BCUT2D eigenvalue weighted by Gasteiger charge is 2.45. The van der Waals surface area contributed by atoms with Crippen LogP contribution >= 0.6 is 0 Å². The maximum atomic E-state index is 13.2. The van der Waals surface area contributed by atoms with Gasteiger partial charge >= 0.3 is 0 Å². The van der Waals surface area contributed by atoms with Crippen molar-refractivity contribution >= 4 is 23.4 Å². The third kappa shape index (κ3) is 4.15. The number of rotatable bonds is 2. The molecule has 1 aromatic carbocycles. The Morgan fingerprint density at radius 1 is 1.03 bits per heavy atom. The van der Waals surface area contributed by atoms with Crippen molar-refractivity contribution in [3.63, 3.8) is 0 Å². The zero-order chi connectivity index (χ0) is 20.4. The van der Waals surface area contributed by atoms with Crippen molar-refractivity contribution in [3.8, 4) is 0 Å². The predicted molar refractivity (Wildman–Crippen MR) is 108 cm³/mol. The molecular formula is C22H29N3O4. The van der Waals surface area contributed by atoms with Crippen LogP contribution in [0, 0.1) is 5.92 Å². The fraction of sp³-hybridized carbons (Fsp3) is 0.591. The van der Waals surface area contributed by atoms with Crippen molar-refractivity contribution in [2.45, 2.75) is 38.2 Å². The van der Waals surface area contributed by atoms with Gasteiger partial charge in [0.15, 0.2) is 0 Å². The first-order valence-electron chi connectivity index (χ1n) is 10.5. The Morgan fingerprint density at radius 2 is 1.76 bits per heavy atom. The second kappa shape index (κ2) is 8.14. The molecule has 7 heteroatoms. The van der Waals surface area contributed by atoms with Crippen molar-refractivity contribution < 1.29 is 19.1 Å². The van der Waals surface area contributed by atoms with E-state index in [9.17, 15) is 14.4 Å². The average molecular weight is 399 g/mol. The maximum Gasteiger partial charge on any atom is 0.253 e. The van der Waals surface area contributed by atoms with Crippen LogP contribution in [-0.2, 0) is 19.1 Å². The van der Waals surface area contributed by atoms with Crippen LogP contribution in [0.3, 0.4) is 0 Å². The maximum absolute atomic E-state index is 13.2. The molecule has 0 bridgehead atoms. The van der Waals surface area contributed by atoms with Crippen molar-refractivity contribution in [1.29, 1.82) is 0 Å². The third-order valence-electron chi connectivity index (χ3n) is 6.46. The zero-order valence-electron chi connectivity index (χ0n) is 17.0. The number of carbonyl (C=O) groups excluding carboxylic acids is 3. The fourth-order valence-electron chi connectivity index (χ4n) is 4.79. The molecule has 3 fully saturated rings. The lowest BCUT2D eigenvalue weighted by molar-refractivity contribution is -0.157. The van der Waals surface area contributed by atoms with Crippen LogP contribution in [0.25, 0.3) is 0 Å². The molecule has 3 aliphatic rings. The average Bonchev–Trinajstić information content (AvgIpc) is 2.76. The highest BCUT2D eigenvalue weighted by molar-refractivity contribution is 5.95. The number of benzene rings is 1. The lowest BCUT2D eigenvalue weighted by Gasteiger charge is -2.48. The summed E-state index contributed by atoms with van der Waals surface area (Å²) in [5.74, 6) is 0.172. The minimum absolute atomic E-state index is 0.0313. The van der Waals surface area contributed by atoms with E-state index in [0.29, 0.717) is 26.2 Å². The van der Waals surface area contributed by atoms with E-state index < -0.39 is 5.60 Å². The molecule has 3 amide bonds. The highest BCUT2D eigenvalue weighted by atomic mass is 16.5. The Morgan fingerprint density at radius 3 is 2.45 bits per heavy atom. The lowest BCUT2D eigenvalue weighted by atomic mass is 9.88. The molecule has 7 nitrogen and oxygen atoms in total. The topological polar surface area (TPSA) is 70.2 Å². The Hall–Kier alpha value is -2.41. The van der Waals surface area contributed by atoms with Crippen molar-refractivity contribution in [2.75, 3.05) is 44.2 Å². The molecule has 3 heterocycles. The number of carbonyl (C=O) groups is 3. The van der Waals surface area contributed by atoms with Crippen LogP contribution in [0.4, 0.5) is 5.69 Å². The smallest absolute Gasteiger partial charge is 0.253 e. The van der Waals surface area contributed by atoms with E-state index in [1.165, 1.54) is 0 Å². The largest absolute Gasteiger partial charge is 0.361 e. The molecule has 3 aliphatic heterocycles. The van der Waals surface area contributed by atoms with Crippen LogP contribution in [0.2, 0.25) is 0 Å². The summed E-state index contributed by atoms with van der Waals surface area (Å²) in [6, 6.07) is 9.66. The number of hydrogen-bond acceptors (Lipinski definition) is 4. The zero-order valence-corrected chi connectivity index (χ0v) is 17.0. The molecular weight excluding hydrogens is 370 g/mol. The van der Waals surface area contributed by atoms with E-state index in [2.05, 4.69) is 0 Å². The molecule has 156 valence electrons. The molecule has 1 spiro atoms. The Kier molecular flexibility index (Phi) is 5.58. The number of para-hydroxylation sites is 1. The third-order valence-corrected chi connectivity index (χ3v) is 6.46. The van der Waals surface area contributed by atoms with Crippen LogP contribution in [0.1, 0.15) is 32.6 Å². The van der Waals surface area contributed by atoms with Gasteiger partial charge in [0.1, 0.15) is 12.2 Å². The van der Waals surface area contributed by atoms with Gasteiger partial charge in [0.05, 0.1) is 13.1 Å². The first-order valence-corrected chi connectivity index (χ1v) is 10.5. The van der Waals surface area contributed by atoms with Gasteiger partial charge in [-0.1, -0.05) is 18.2 Å². The van der Waals surface area contributed by atoms with Gasteiger partial charge in [-0.2, -0.15) is 0 Å². The van der Waals surface area contributed by atoms with Gasteiger partial charge in [-0.25, -0.2) is 0 Å². The second-order valence-corrected chi connectivity index (χ2v) is 8.43. The van der Waals surface area contributed by atoms with Crippen LogP contribution in [0.15, 0.2) is 30.3 Å². The number of nitrogens with zero attached hydrogens (tertiary/aromatic N) is 3. The van der Waals surface area contributed by atoms with E-state index in [1.807, 2.05) is 40.1 Å². The van der Waals surface area contributed by atoms with E-state index in [0.717, 1.165) is 37.9 Å². The molecule has 1 unspecified atom stereocenters. The summed E-state index contributed by atoms with van der Waals surface area (Å²) in [5.41, 5.74) is 0.373. The van der Waals surface area contributed by atoms with E-state index in [4.69, 9.17) is 4.74 Å². The minimum Gasteiger partial charge on any atom is -0.361 e. The van der Waals surface area contributed by atoms with Gasteiger partial charge in [-0.05, 0) is 37.8 Å². The summed E-state index contributed by atoms with van der Waals surface area (Å²) in [4.78, 5) is 42.7. The monoisotopic (exact) mass is 399 g/mol. The number of hydrogen-bond donors (Lipinski definition) is 0. The number of likely N-dealkylation sites (tertiary alicyclic amines) is 2. The van der Waals surface area contributed by atoms with Gasteiger partial charge in [-0.15, -0.1) is 0 Å². The van der Waals surface area contributed by atoms with E-state index in [1.54, 1.807) is 11.8 Å². The summed E-state index contributed by atoms with van der Waals surface area (Å²) in [6.07, 6.45) is 3.15. The normalized spacial score (nSPS) is 26.1. The molecule has 0 saturated carbocycles. The summed E-state index contributed by atoms with van der Waals surface area (Å²) < 4.78 is 6.05. The minimum atomic E-state index is -0.502. The molecule has 0 radical (unpaired) electrons. The number of piperidine rings is 2. The van der Waals surface area contributed by atoms with Crippen LogP contribution in [-0.4, -0.2) is 72.5 Å². The number of morpholine rings is 1. The van der Waals surface area contributed by atoms with Crippen molar-refractivity contribution in [2.24, 2.45) is 5.92 Å². The first kappa shape index (κ1) is 19.9. The molecule has 1 atom stereocenters. The molecule has 0 aliphatic carbocycles. The molecule has 1 aromatic rings. The highest BCUT2D eigenvalue weighted by Crippen LogP contribution is 2.33. The molecule has 3 saturated heterocycles. The molecule has 0 aromatic heterocycles. The van der Waals surface area contributed by atoms with Crippen LogP contribution < -0.4 is 4.90 Å². The van der Waals surface area contributed by atoms with Gasteiger partial charge in [0.2, 0.25) is 11.8 Å². The Balaban J connectivity index is 1.43. The quantitative estimate of drug-likeness (QED) is 0.759. The molecule has 0 N–H and O–H groups in total. The second-order valence-electron chi connectivity index (χ2n) is 8.43. The van der Waals surface area contributed by atoms with Gasteiger partial charge in [0, 0.05) is 38.2 Å². The van der Waals surface area contributed by atoms with Crippen molar-refractivity contribution in [3.05, 3.63) is 30.3 Å². The first-order chi connectivity index (χ1) is 14.0. The number of amides is 3. The standard InChI is InChI=1S/C22H29N3O4/c1-17(26)23-12-8-18(9-13-23)21(28)24-11-5-10-22(15-24)16-25(20(27)14-29-22)19-6-3-2-4-7-19/h2-4,6-7,18H,5,8-16H2,1H3. The summed E-state index contributed by atoms with van der Waals surface area (Å²) in [5, 5.41) is 0. The summed E-state index contributed by atoms with van der Waals surface area (Å²) in [7, 11) is 0. The van der Waals surface area contributed by atoms with Gasteiger partial charge < -0.3 is 19.4 Å². The van der Waals surface area contributed by atoms with Gasteiger partial charge in [0.25, 0.3) is 5.91 Å². The molecule has 4 rings (SSSR count).